The van der Waals surface area contributed by atoms with Crippen LogP contribution in [0.3, 0.4) is 0 Å². The van der Waals surface area contributed by atoms with Gasteiger partial charge in [0.2, 0.25) is 0 Å². The number of carbonyl (C=O) groups is 1. The molecule has 3 aromatic rings. The van der Waals surface area contributed by atoms with Crippen molar-refractivity contribution in [3.05, 3.63) is 66.1 Å². The molecule has 0 fully saturated rings. The molecule has 21 heavy (non-hydrogen) atoms. The molecule has 0 N–H and O–H groups in total. The minimum absolute atomic E-state index is 0.167. The number of hydrogen-bond donors (Lipinski definition) is 0. The Bertz CT molecular complexity index is 808. The summed E-state index contributed by atoms with van der Waals surface area (Å²) in [5.41, 5.74) is 1.97. The molecule has 1 heterocycles. The van der Waals surface area contributed by atoms with Crippen LogP contribution in [0.25, 0.3) is 10.9 Å². The van der Waals surface area contributed by atoms with Gasteiger partial charge in [-0.3, -0.25) is 4.79 Å². The SMILES string of the molecule is CN(C(=O)c1cc2c(F)cccc2n1C)c1ccccc1. The van der Waals surface area contributed by atoms with Crippen LogP contribution >= 0.6 is 0 Å². The van der Waals surface area contributed by atoms with E-state index in [0.29, 0.717) is 16.6 Å². The van der Waals surface area contributed by atoms with E-state index in [1.807, 2.05) is 30.3 Å². The van der Waals surface area contributed by atoms with Crippen LogP contribution in [-0.2, 0) is 7.05 Å². The van der Waals surface area contributed by atoms with Gasteiger partial charge in [0.25, 0.3) is 5.91 Å². The summed E-state index contributed by atoms with van der Waals surface area (Å²) in [6, 6.07) is 15.8. The van der Waals surface area contributed by atoms with Crippen LogP contribution in [0.5, 0.6) is 0 Å². The average Bonchev–Trinajstić information content (AvgIpc) is 2.85. The average molecular weight is 282 g/mol. The summed E-state index contributed by atoms with van der Waals surface area (Å²) in [5.74, 6) is -0.483. The van der Waals surface area contributed by atoms with E-state index >= 15 is 0 Å². The lowest BCUT2D eigenvalue weighted by molar-refractivity contribution is 0.0985. The molecule has 0 radical (unpaired) electrons. The maximum Gasteiger partial charge on any atom is 0.274 e. The second-order valence-corrected chi connectivity index (χ2v) is 4.96. The molecule has 0 aliphatic heterocycles. The van der Waals surface area contributed by atoms with Gasteiger partial charge in [-0.1, -0.05) is 24.3 Å². The zero-order valence-electron chi connectivity index (χ0n) is 11.9. The molecular weight excluding hydrogens is 267 g/mol. The van der Waals surface area contributed by atoms with Gasteiger partial charge < -0.3 is 9.47 Å². The molecule has 0 aliphatic carbocycles. The molecule has 106 valence electrons. The number of fused-ring (bicyclic) bond motifs is 1. The van der Waals surface area contributed by atoms with Crippen LogP contribution in [-0.4, -0.2) is 17.5 Å². The monoisotopic (exact) mass is 282 g/mol. The Morgan fingerprint density at radius 3 is 2.48 bits per heavy atom. The standard InChI is InChI=1S/C17H15FN2O/c1-19(12-7-4-3-5-8-12)17(21)16-11-13-14(18)9-6-10-15(13)20(16)2/h3-11H,1-2H3. The molecule has 0 unspecified atom stereocenters. The fraction of sp³-hybridized carbons (Fsp3) is 0.118. The van der Waals surface area contributed by atoms with Gasteiger partial charge in [0.05, 0.1) is 5.52 Å². The Hall–Kier alpha value is -2.62. The second kappa shape index (κ2) is 5.05. The normalized spacial score (nSPS) is 10.8. The van der Waals surface area contributed by atoms with E-state index in [1.165, 1.54) is 6.07 Å². The van der Waals surface area contributed by atoms with Gasteiger partial charge in [-0.25, -0.2) is 4.39 Å². The lowest BCUT2D eigenvalue weighted by atomic mass is 10.2. The summed E-state index contributed by atoms with van der Waals surface area (Å²) < 4.78 is 15.6. The summed E-state index contributed by atoms with van der Waals surface area (Å²) in [7, 11) is 3.49. The highest BCUT2D eigenvalue weighted by molar-refractivity contribution is 6.07. The maximum atomic E-state index is 13.8. The van der Waals surface area contributed by atoms with Gasteiger partial charge in [0, 0.05) is 25.2 Å². The van der Waals surface area contributed by atoms with Gasteiger partial charge in [-0.15, -0.1) is 0 Å². The molecule has 0 bridgehead atoms. The van der Waals surface area contributed by atoms with E-state index in [-0.39, 0.29) is 11.7 Å². The largest absolute Gasteiger partial charge is 0.340 e. The van der Waals surface area contributed by atoms with Crippen LogP contribution in [0.4, 0.5) is 10.1 Å². The molecule has 0 saturated heterocycles. The van der Waals surface area contributed by atoms with Crippen LogP contribution < -0.4 is 4.90 Å². The zero-order chi connectivity index (χ0) is 15.0. The summed E-state index contributed by atoms with van der Waals surface area (Å²) in [6.45, 7) is 0. The maximum absolute atomic E-state index is 13.8. The molecule has 0 saturated carbocycles. The van der Waals surface area contributed by atoms with Crippen molar-refractivity contribution in [3.8, 4) is 0 Å². The van der Waals surface area contributed by atoms with Crippen molar-refractivity contribution < 1.29 is 9.18 Å². The molecule has 1 aromatic heterocycles. The molecule has 2 aromatic carbocycles. The molecule has 0 aliphatic rings. The number of benzene rings is 2. The van der Waals surface area contributed by atoms with Gasteiger partial charge in [-0.2, -0.15) is 0 Å². The van der Waals surface area contributed by atoms with E-state index in [9.17, 15) is 9.18 Å². The minimum Gasteiger partial charge on any atom is -0.340 e. The van der Waals surface area contributed by atoms with Crippen molar-refractivity contribution in [2.24, 2.45) is 7.05 Å². The fourth-order valence-corrected chi connectivity index (χ4v) is 2.47. The Balaban J connectivity index is 2.06. The lowest BCUT2D eigenvalue weighted by Crippen LogP contribution is -2.27. The van der Waals surface area contributed by atoms with E-state index in [1.54, 1.807) is 41.8 Å². The lowest BCUT2D eigenvalue weighted by Gasteiger charge is -2.17. The number of aromatic nitrogens is 1. The minimum atomic E-state index is -0.315. The highest BCUT2D eigenvalue weighted by atomic mass is 19.1. The number of rotatable bonds is 2. The van der Waals surface area contributed by atoms with Crippen molar-refractivity contribution in [2.75, 3.05) is 11.9 Å². The summed E-state index contributed by atoms with van der Waals surface area (Å²) >= 11 is 0. The quantitative estimate of drug-likeness (QED) is 0.705. The predicted molar refractivity (Wildman–Crippen MR) is 82.1 cm³/mol. The van der Waals surface area contributed by atoms with Crippen molar-refractivity contribution in [1.29, 1.82) is 0 Å². The molecular formula is C17H15FN2O. The third-order valence-electron chi connectivity index (χ3n) is 3.70. The highest BCUT2D eigenvalue weighted by Crippen LogP contribution is 2.23. The van der Waals surface area contributed by atoms with Crippen molar-refractivity contribution >= 4 is 22.5 Å². The summed E-state index contributed by atoms with van der Waals surface area (Å²) in [4.78, 5) is 14.2. The third kappa shape index (κ3) is 2.18. The van der Waals surface area contributed by atoms with E-state index < -0.39 is 0 Å². The predicted octanol–water partition coefficient (Wildman–Crippen LogP) is 3.59. The number of amides is 1. The van der Waals surface area contributed by atoms with E-state index in [2.05, 4.69) is 0 Å². The number of halogens is 1. The first-order chi connectivity index (χ1) is 10.1. The highest BCUT2D eigenvalue weighted by Gasteiger charge is 2.19. The molecule has 0 atom stereocenters. The molecule has 1 amide bonds. The summed E-state index contributed by atoms with van der Waals surface area (Å²) in [5, 5.41) is 0.463. The van der Waals surface area contributed by atoms with Crippen LogP contribution in [0.2, 0.25) is 0 Å². The Morgan fingerprint density at radius 2 is 1.81 bits per heavy atom. The molecule has 3 rings (SSSR count). The molecule has 3 nitrogen and oxygen atoms in total. The van der Waals surface area contributed by atoms with Crippen molar-refractivity contribution in [2.45, 2.75) is 0 Å². The van der Waals surface area contributed by atoms with Gasteiger partial charge in [0.1, 0.15) is 11.5 Å². The Labute approximate surface area is 122 Å². The first kappa shape index (κ1) is 13.4. The number of hydrogen-bond acceptors (Lipinski definition) is 1. The van der Waals surface area contributed by atoms with Crippen LogP contribution in [0.15, 0.2) is 54.6 Å². The topological polar surface area (TPSA) is 25.2 Å². The number of nitrogens with zero attached hydrogens (tertiary/aromatic N) is 2. The Morgan fingerprint density at radius 1 is 1.10 bits per heavy atom. The first-order valence-electron chi connectivity index (χ1n) is 6.66. The smallest absolute Gasteiger partial charge is 0.274 e. The van der Waals surface area contributed by atoms with Crippen molar-refractivity contribution in [1.82, 2.24) is 4.57 Å². The van der Waals surface area contributed by atoms with Gasteiger partial charge in [0.15, 0.2) is 0 Å². The number of carbonyl (C=O) groups excluding carboxylic acids is 1. The molecule has 0 spiro atoms. The van der Waals surface area contributed by atoms with Crippen LogP contribution in [0.1, 0.15) is 10.5 Å². The van der Waals surface area contributed by atoms with E-state index in [0.717, 1.165) is 5.69 Å². The number of aryl methyl sites for hydroxylation is 1. The first-order valence-corrected chi connectivity index (χ1v) is 6.66. The third-order valence-corrected chi connectivity index (χ3v) is 3.70. The van der Waals surface area contributed by atoms with Gasteiger partial charge >= 0.3 is 0 Å². The number of para-hydroxylation sites is 1. The Kier molecular flexibility index (Phi) is 3.22. The molecule has 4 heteroatoms. The summed E-state index contributed by atoms with van der Waals surface area (Å²) in [6.07, 6.45) is 0. The van der Waals surface area contributed by atoms with Crippen LogP contribution in [0, 0.1) is 5.82 Å². The van der Waals surface area contributed by atoms with Gasteiger partial charge in [-0.05, 0) is 30.3 Å². The van der Waals surface area contributed by atoms with Crippen molar-refractivity contribution in [3.63, 3.8) is 0 Å². The fourth-order valence-electron chi connectivity index (χ4n) is 2.47. The zero-order valence-corrected chi connectivity index (χ0v) is 11.9. The number of anilines is 1. The second-order valence-electron chi connectivity index (χ2n) is 4.96. The van der Waals surface area contributed by atoms with E-state index in [4.69, 9.17) is 0 Å².